The van der Waals surface area contributed by atoms with E-state index in [0.29, 0.717) is 23.6 Å². The zero-order valence-electron chi connectivity index (χ0n) is 12.9. The number of hydrogen-bond acceptors (Lipinski definition) is 5. The average molecular weight is 317 g/mol. The van der Waals surface area contributed by atoms with E-state index < -0.39 is 0 Å². The van der Waals surface area contributed by atoms with Crippen molar-refractivity contribution in [2.24, 2.45) is 0 Å². The molecule has 0 N–H and O–H groups in total. The maximum atomic E-state index is 12.9. The zero-order chi connectivity index (χ0) is 15.7. The molecule has 0 radical (unpaired) electrons. The van der Waals surface area contributed by atoms with Crippen LogP contribution >= 0.6 is 11.3 Å². The smallest absolute Gasteiger partial charge is 0.265 e. The number of aromatic nitrogens is 2. The van der Waals surface area contributed by atoms with Crippen LogP contribution in [0.1, 0.15) is 45.2 Å². The molecule has 116 valence electrons. The van der Waals surface area contributed by atoms with Gasteiger partial charge in [-0.15, -0.1) is 17.9 Å². The topological polar surface area (TPSA) is 59.2 Å². The second-order valence-electron chi connectivity index (χ2n) is 5.48. The van der Waals surface area contributed by atoms with E-state index in [1.807, 2.05) is 0 Å². The fourth-order valence-electron chi connectivity index (χ4n) is 2.75. The van der Waals surface area contributed by atoms with Gasteiger partial charge < -0.3 is 4.52 Å². The van der Waals surface area contributed by atoms with E-state index >= 15 is 0 Å². The van der Waals surface area contributed by atoms with E-state index in [0.717, 1.165) is 23.7 Å². The molecule has 0 unspecified atom stereocenters. The predicted molar refractivity (Wildman–Crippen MR) is 86.6 cm³/mol. The minimum absolute atomic E-state index is 0.123. The summed E-state index contributed by atoms with van der Waals surface area (Å²) in [6, 6.07) is 0. The van der Waals surface area contributed by atoms with Gasteiger partial charge in [-0.25, -0.2) is 4.98 Å². The summed E-state index contributed by atoms with van der Waals surface area (Å²) < 4.78 is 5.12. The Bertz CT molecular complexity index is 674. The standard InChI is InChI=1S/C16H19N3O2S/c1-4-9-19(15(20)14-10(2)18-21-11(14)3)16-17-12-7-5-6-8-13(12)22-16/h4H,1,5-9H2,2-3H3. The molecule has 0 atom stereocenters. The number of carbonyl (C=O) groups excluding carboxylic acids is 1. The number of aryl methyl sites for hydroxylation is 4. The van der Waals surface area contributed by atoms with Crippen LogP contribution in [0.2, 0.25) is 0 Å². The van der Waals surface area contributed by atoms with Gasteiger partial charge in [-0.05, 0) is 39.5 Å². The molecule has 0 aliphatic heterocycles. The van der Waals surface area contributed by atoms with Gasteiger partial charge in [-0.1, -0.05) is 11.2 Å². The van der Waals surface area contributed by atoms with Crippen molar-refractivity contribution in [1.82, 2.24) is 10.1 Å². The van der Waals surface area contributed by atoms with Crippen LogP contribution in [-0.4, -0.2) is 22.6 Å². The van der Waals surface area contributed by atoms with E-state index in [1.54, 1.807) is 36.2 Å². The Labute approximate surface area is 133 Å². The number of amides is 1. The van der Waals surface area contributed by atoms with Crippen LogP contribution < -0.4 is 4.90 Å². The molecule has 0 saturated heterocycles. The lowest BCUT2D eigenvalue weighted by atomic mass is 10.0. The maximum Gasteiger partial charge on any atom is 0.265 e. The lowest BCUT2D eigenvalue weighted by Gasteiger charge is -2.17. The summed E-state index contributed by atoms with van der Waals surface area (Å²) >= 11 is 1.62. The van der Waals surface area contributed by atoms with Crippen molar-refractivity contribution < 1.29 is 9.32 Å². The molecule has 0 saturated carbocycles. The highest BCUT2D eigenvalue weighted by atomic mass is 32.1. The molecule has 0 spiro atoms. The highest BCUT2D eigenvalue weighted by Crippen LogP contribution is 2.33. The van der Waals surface area contributed by atoms with Crippen molar-refractivity contribution in [1.29, 1.82) is 0 Å². The first-order valence-corrected chi connectivity index (χ1v) is 8.27. The van der Waals surface area contributed by atoms with Crippen LogP contribution in [-0.2, 0) is 12.8 Å². The lowest BCUT2D eigenvalue weighted by molar-refractivity contribution is 0.0987. The Hall–Kier alpha value is -1.95. The minimum atomic E-state index is -0.123. The van der Waals surface area contributed by atoms with Crippen molar-refractivity contribution in [3.8, 4) is 0 Å². The second-order valence-corrected chi connectivity index (χ2v) is 6.54. The van der Waals surface area contributed by atoms with Crippen molar-refractivity contribution >= 4 is 22.4 Å². The van der Waals surface area contributed by atoms with Gasteiger partial charge in [0.25, 0.3) is 5.91 Å². The Kier molecular flexibility index (Phi) is 4.11. The van der Waals surface area contributed by atoms with Crippen molar-refractivity contribution in [2.75, 3.05) is 11.4 Å². The SMILES string of the molecule is C=CCN(C(=O)c1c(C)noc1C)c1nc2c(s1)CCCC2. The first-order chi connectivity index (χ1) is 10.6. The number of rotatable bonds is 4. The number of nitrogens with zero attached hydrogens (tertiary/aromatic N) is 3. The van der Waals surface area contributed by atoms with Gasteiger partial charge in [-0.3, -0.25) is 9.69 Å². The van der Waals surface area contributed by atoms with Gasteiger partial charge in [0.15, 0.2) is 5.13 Å². The molecule has 6 heteroatoms. The highest BCUT2D eigenvalue weighted by Gasteiger charge is 2.27. The molecule has 0 bridgehead atoms. The molecule has 1 aliphatic rings. The molecule has 1 aliphatic carbocycles. The third kappa shape index (κ3) is 2.59. The van der Waals surface area contributed by atoms with E-state index in [-0.39, 0.29) is 5.91 Å². The summed E-state index contributed by atoms with van der Waals surface area (Å²) in [7, 11) is 0. The summed E-state index contributed by atoms with van der Waals surface area (Å²) in [5.74, 6) is 0.417. The summed E-state index contributed by atoms with van der Waals surface area (Å²) in [6.45, 7) is 7.72. The Morgan fingerprint density at radius 3 is 2.82 bits per heavy atom. The summed E-state index contributed by atoms with van der Waals surface area (Å²) in [6.07, 6.45) is 6.17. The summed E-state index contributed by atoms with van der Waals surface area (Å²) in [4.78, 5) is 20.6. The molecule has 0 fully saturated rings. The van der Waals surface area contributed by atoms with E-state index in [1.165, 1.54) is 17.7 Å². The van der Waals surface area contributed by atoms with Gasteiger partial charge in [0.1, 0.15) is 11.3 Å². The average Bonchev–Trinajstić information content (AvgIpc) is 3.07. The van der Waals surface area contributed by atoms with Crippen LogP contribution in [0.15, 0.2) is 17.2 Å². The first-order valence-electron chi connectivity index (χ1n) is 7.46. The molecule has 5 nitrogen and oxygen atoms in total. The number of hydrogen-bond donors (Lipinski definition) is 0. The van der Waals surface area contributed by atoms with Gasteiger partial charge in [0.2, 0.25) is 0 Å². The number of anilines is 1. The van der Waals surface area contributed by atoms with Crippen molar-refractivity contribution in [3.05, 3.63) is 40.2 Å². The Morgan fingerprint density at radius 2 is 2.18 bits per heavy atom. The van der Waals surface area contributed by atoms with Crippen molar-refractivity contribution in [2.45, 2.75) is 39.5 Å². The normalized spacial score (nSPS) is 13.7. The van der Waals surface area contributed by atoms with Crippen LogP contribution in [0.3, 0.4) is 0 Å². The molecule has 0 aromatic carbocycles. The first kappa shape index (κ1) is 15.0. The molecule has 2 aromatic rings. The Morgan fingerprint density at radius 1 is 1.41 bits per heavy atom. The van der Waals surface area contributed by atoms with E-state index in [2.05, 4.69) is 16.7 Å². The monoisotopic (exact) mass is 317 g/mol. The van der Waals surface area contributed by atoms with Gasteiger partial charge in [0, 0.05) is 11.4 Å². The molecule has 2 heterocycles. The summed E-state index contributed by atoms with van der Waals surface area (Å²) in [5, 5.41) is 4.62. The summed E-state index contributed by atoms with van der Waals surface area (Å²) in [5.41, 5.74) is 2.28. The van der Waals surface area contributed by atoms with Crippen molar-refractivity contribution in [3.63, 3.8) is 0 Å². The Balaban J connectivity index is 1.97. The molecule has 1 amide bonds. The number of carbonyl (C=O) groups is 1. The molecular formula is C16H19N3O2S. The predicted octanol–water partition coefficient (Wildman–Crippen LogP) is 3.46. The van der Waals surface area contributed by atoms with Gasteiger partial charge in [0.05, 0.1) is 11.4 Å². The van der Waals surface area contributed by atoms with Gasteiger partial charge >= 0.3 is 0 Å². The zero-order valence-corrected chi connectivity index (χ0v) is 13.7. The van der Waals surface area contributed by atoms with E-state index in [9.17, 15) is 4.79 Å². The molecule has 2 aromatic heterocycles. The number of fused-ring (bicyclic) bond motifs is 1. The van der Waals surface area contributed by atoms with Crippen LogP contribution in [0, 0.1) is 13.8 Å². The highest BCUT2D eigenvalue weighted by molar-refractivity contribution is 7.16. The number of thiazole rings is 1. The molecule has 22 heavy (non-hydrogen) atoms. The third-order valence-corrected chi connectivity index (χ3v) is 5.05. The largest absolute Gasteiger partial charge is 0.361 e. The maximum absolute atomic E-state index is 12.9. The quantitative estimate of drug-likeness (QED) is 0.810. The second kappa shape index (κ2) is 6.04. The van der Waals surface area contributed by atoms with Crippen LogP contribution in [0.25, 0.3) is 0 Å². The van der Waals surface area contributed by atoms with Crippen LogP contribution in [0.4, 0.5) is 5.13 Å². The van der Waals surface area contributed by atoms with Crippen LogP contribution in [0.5, 0.6) is 0 Å². The molecule has 3 rings (SSSR count). The lowest BCUT2D eigenvalue weighted by Crippen LogP contribution is -2.31. The minimum Gasteiger partial charge on any atom is -0.361 e. The van der Waals surface area contributed by atoms with Gasteiger partial charge in [-0.2, -0.15) is 0 Å². The third-order valence-electron chi connectivity index (χ3n) is 3.87. The fourth-order valence-corrected chi connectivity index (χ4v) is 3.91. The molecular weight excluding hydrogens is 298 g/mol. The van der Waals surface area contributed by atoms with E-state index in [4.69, 9.17) is 4.52 Å². The fraction of sp³-hybridized carbons (Fsp3) is 0.438.